The number of nitrogens with one attached hydrogen (secondary N) is 1. The average molecular weight is 233 g/mol. The van der Waals surface area contributed by atoms with Crippen molar-refractivity contribution in [2.24, 2.45) is 0 Å². The monoisotopic (exact) mass is 232 g/mol. The Balaban J connectivity index is 0. The van der Waals surface area contributed by atoms with E-state index in [4.69, 9.17) is 11.8 Å². The summed E-state index contributed by atoms with van der Waals surface area (Å²) in [5.74, 6) is 0. The third kappa shape index (κ3) is 4.42. The summed E-state index contributed by atoms with van der Waals surface area (Å²) in [6.45, 7) is 0. The number of halogens is 1. The third-order valence-corrected chi connectivity index (χ3v) is 2.86. The van der Waals surface area contributed by atoms with Gasteiger partial charge in [0.05, 0.1) is 4.90 Å². The van der Waals surface area contributed by atoms with E-state index < -0.39 is 10.0 Å². The van der Waals surface area contributed by atoms with E-state index in [2.05, 4.69) is 0 Å². The molecule has 1 aromatic carbocycles. The van der Waals surface area contributed by atoms with Gasteiger partial charge < -0.3 is 5.48 Å². The number of benzene rings is 1. The standard InChI is InChI=1S/C6H6ClNO2S.Na.H2O/c7-8-11(9,10)6-4-2-1-3-5-6;;/h1-5,8H;;1H2. The molecule has 0 saturated heterocycles. The molecule has 0 aromatic heterocycles. The molecule has 0 aliphatic carbocycles. The Morgan fingerprint density at radius 1 is 1.15 bits per heavy atom. The van der Waals surface area contributed by atoms with Crippen molar-refractivity contribution in [3.63, 3.8) is 0 Å². The first-order chi connectivity index (χ1) is 5.17. The van der Waals surface area contributed by atoms with E-state index in [9.17, 15) is 8.42 Å². The second kappa shape index (κ2) is 6.78. The van der Waals surface area contributed by atoms with E-state index in [1.165, 1.54) is 12.1 Å². The van der Waals surface area contributed by atoms with Crippen molar-refractivity contribution < 1.29 is 13.9 Å². The zero-order chi connectivity index (χ0) is 8.32. The maximum atomic E-state index is 11.0. The maximum absolute atomic E-state index is 11.0. The van der Waals surface area contributed by atoms with E-state index in [0.717, 1.165) is 0 Å². The molecular weight excluding hydrogens is 225 g/mol. The predicted octanol–water partition coefficient (Wildman–Crippen LogP) is -0.0868. The summed E-state index contributed by atoms with van der Waals surface area (Å²) >= 11 is 4.99. The molecule has 0 atom stereocenters. The van der Waals surface area contributed by atoms with Crippen LogP contribution in [0.5, 0.6) is 0 Å². The van der Waals surface area contributed by atoms with Gasteiger partial charge in [-0.2, -0.15) is 0 Å². The SMILES string of the molecule is O.O=S(=O)(NCl)c1ccccc1.[Na]. The largest absolute Gasteiger partial charge is 0.412 e. The van der Waals surface area contributed by atoms with Crippen LogP contribution in [0.15, 0.2) is 35.2 Å². The van der Waals surface area contributed by atoms with Crippen molar-refractivity contribution in [2.75, 3.05) is 0 Å². The van der Waals surface area contributed by atoms with Gasteiger partial charge >= 0.3 is 0 Å². The van der Waals surface area contributed by atoms with Crippen LogP contribution in [0.4, 0.5) is 0 Å². The molecule has 4 nitrogen and oxygen atoms in total. The van der Waals surface area contributed by atoms with E-state index in [0.29, 0.717) is 0 Å². The van der Waals surface area contributed by atoms with Gasteiger partial charge in [0.25, 0.3) is 10.0 Å². The fraction of sp³-hybridized carbons (Fsp3) is 0. The Morgan fingerprint density at radius 3 is 2.00 bits per heavy atom. The summed E-state index contributed by atoms with van der Waals surface area (Å²) in [4.78, 5) is 0.162. The van der Waals surface area contributed by atoms with E-state index in [-0.39, 0.29) is 39.9 Å². The molecule has 0 saturated carbocycles. The second-order valence-corrected chi connectivity index (χ2v) is 3.99. The Kier molecular flexibility index (Phi) is 8.26. The molecule has 69 valence electrons. The minimum Gasteiger partial charge on any atom is -0.412 e. The maximum Gasteiger partial charge on any atom is 0.253 e. The average Bonchev–Trinajstić information content (AvgIpc) is 2.06. The van der Waals surface area contributed by atoms with Gasteiger partial charge in [-0.1, -0.05) is 18.2 Å². The molecule has 0 heterocycles. The molecule has 1 rings (SSSR count). The van der Waals surface area contributed by atoms with E-state index in [1.807, 2.05) is 0 Å². The van der Waals surface area contributed by atoms with Gasteiger partial charge in [-0.25, -0.2) is 8.42 Å². The van der Waals surface area contributed by atoms with Gasteiger partial charge in [-0.05, 0) is 23.9 Å². The van der Waals surface area contributed by atoms with Crippen LogP contribution in [0.25, 0.3) is 0 Å². The van der Waals surface area contributed by atoms with Crippen molar-refractivity contribution in [2.45, 2.75) is 4.90 Å². The van der Waals surface area contributed by atoms with Crippen LogP contribution >= 0.6 is 11.8 Å². The molecule has 0 bridgehead atoms. The first kappa shape index (κ1) is 15.8. The topological polar surface area (TPSA) is 77.7 Å². The second-order valence-electron chi connectivity index (χ2n) is 1.89. The molecule has 0 fully saturated rings. The van der Waals surface area contributed by atoms with Crippen molar-refractivity contribution in [3.8, 4) is 0 Å². The Hall–Kier alpha value is 0.380. The summed E-state index contributed by atoms with van der Waals surface area (Å²) in [6, 6.07) is 7.91. The summed E-state index contributed by atoms with van der Waals surface area (Å²) in [5.41, 5.74) is 0. The van der Waals surface area contributed by atoms with Gasteiger partial charge in [-0.15, -0.1) is 4.24 Å². The van der Waals surface area contributed by atoms with Gasteiger partial charge in [0.15, 0.2) is 0 Å². The van der Waals surface area contributed by atoms with Crippen LogP contribution in [0, 0.1) is 0 Å². The molecule has 1 radical (unpaired) electrons. The Morgan fingerprint density at radius 2 is 1.62 bits per heavy atom. The molecule has 0 aliphatic rings. The summed E-state index contributed by atoms with van der Waals surface area (Å²) in [6.07, 6.45) is 0. The van der Waals surface area contributed by atoms with Gasteiger partial charge in [-0.3, -0.25) is 0 Å². The Bertz CT molecular complexity index is 329. The molecule has 0 amide bonds. The summed E-state index contributed by atoms with van der Waals surface area (Å²) < 4.78 is 23.6. The van der Waals surface area contributed by atoms with Gasteiger partial charge in [0, 0.05) is 29.6 Å². The number of sulfonamides is 1. The minimum absolute atomic E-state index is 0. The normalized spacial score (nSPS) is 9.62. The molecule has 0 spiro atoms. The first-order valence-corrected chi connectivity index (χ1v) is 4.70. The first-order valence-electron chi connectivity index (χ1n) is 2.84. The molecular formula is C6H8ClNNaO3S. The van der Waals surface area contributed by atoms with Gasteiger partial charge in [0.1, 0.15) is 0 Å². The number of hydrogen-bond acceptors (Lipinski definition) is 2. The Labute approximate surface area is 104 Å². The number of rotatable bonds is 2. The summed E-state index contributed by atoms with van der Waals surface area (Å²) in [7, 11) is -3.48. The molecule has 13 heavy (non-hydrogen) atoms. The zero-order valence-corrected chi connectivity index (χ0v) is 10.6. The minimum atomic E-state index is -3.48. The fourth-order valence-corrected chi connectivity index (χ4v) is 1.52. The van der Waals surface area contributed by atoms with Crippen LogP contribution < -0.4 is 4.24 Å². The van der Waals surface area contributed by atoms with Crippen LogP contribution in [0.2, 0.25) is 0 Å². The van der Waals surface area contributed by atoms with Crippen LogP contribution in [0.1, 0.15) is 0 Å². The molecule has 0 unspecified atom stereocenters. The molecule has 1 aromatic rings. The molecule has 7 heteroatoms. The predicted molar refractivity (Wildman–Crippen MR) is 52.0 cm³/mol. The quantitative estimate of drug-likeness (QED) is 0.572. The van der Waals surface area contributed by atoms with Gasteiger partial charge in [0.2, 0.25) is 0 Å². The van der Waals surface area contributed by atoms with E-state index in [1.54, 1.807) is 22.4 Å². The van der Waals surface area contributed by atoms with E-state index >= 15 is 0 Å². The fourth-order valence-electron chi connectivity index (χ4n) is 0.644. The van der Waals surface area contributed by atoms with Crippen molar-refractivity contribution in [1.29, 1.82) is 0 Å². The van der Waals surface area contributed by atoms with Crippen LogP contribution in [-0.2, 0) is 10.0 Å². The molecule has 3 N–H and O–H groups in total. The molecule has 0 aliphatic heterocycles. The van der Waals surface area contributed by atoms with Crippen LogP contribution in [-0.4, -0.2) is 43.5 Å². The summed E-state index contributed by atoms with van der Waals surface area (Å²) in [5, 5.41) is 0. The smallest absolute Gasteiger partial charge is 0.253 e. The van der Waals surface area contributed by atoms with Crippen LogP contribution in [0.3, 0.4) is 0 Å². The number of hydrogen-bond donors (Lipinski definition) is 1. The third-order valence-electron chi connectivity index (χ3n) is 1.16. The zero-order valence-electron chi connectivity index (χ0n) is 6.99. The van der Waals surface area contributed by atoms with Crippen molar-refractivity contribution >= 4 is 51.4 Å². The van der Waals surface area contributed by atoms with Crippen molar-refractivity contribution in [1.82, 2.24) is 4.24 Å². The van der Waals surface area contributed by atoms with Crippen molar-refractivity contribution in [3.05, 3.63) is 30.3 Å².